The number of rotatable bonds is 2. The van der Waals surface area contributed by atoms with Crippen LogP contribution in [-0.2, 0) is 4.74 Å². The molecule has 0 unspecified atom stereocenters. The first-order valence-electron chi connectivity index (χ1n) is 5.65. The first-order chi connectivity index (χ1) is 8.02. The Bertz CT molecular complexity index is 431. The molecule has 0 bridgehead atoms. The van der Waals surface area contributed by atoms with Crippen LogP contribution < -0.4 is 4.90 Å². The maximum atomic E-state index is 13.1. The Morgan fingerprint density at radius 2 is 2.24 bits per heavy atom. The molecule has 4 heteroatoms. The quantitative estimate of drug-likeness (QED) is 0.739. The summed E-state index contributed by atoms with van der Waals surface area (Å²) in [5.74, 6) is -0.386. The second-order valence-electron chi connectivity index (χ2n) is 4.85. The highest BCUT2D eigenvalue weighted by atomic mass is 19.1. The van der Waals surface area contributed by atoms with Crippen LogP contribution in [-0.4, -0.2) is 31.6 Å². The molecule has 1 fully saturated rings. The van der Waals surface area contributed by atoms with E-state index in [1.54, 1.807) is 6.07 Å². The summed E-state index contributed by atoms with van der Waals surface area (Å²) in [5, 5.41) is 0. The van der Waals surface area contributed by atoms with Crippen molar-refractivity contribution in [3.63, 3.8) is 0 Å². The number of nitrogens with zero attached hydrogens (tertiary/aromatic N) is 1. The highest BCUT2D eigenvalue weighted by Crippen LogP contribution is 2.26. The number of aldehydes is 1. The Morgan fingerprint density at radius 1 is 1.47 bits per heavy atom. The van der Waals surface area contributed by atoms with Crippen molar-refractivity contribution < 1.29 is 13.9 Å². The van der Waals surface area contributed by atoms with E-state index in [1.165, 1.54) is 12.1 Å². The van der Waals surface area contributed by atoms with Gasteiger partial charge < -0.3 is 9.64 Å². The zero-order chi connectivity index (χ0) is 12.5. The summed E-state index contributed by atoms with van der Waals surface area (Å²) in [4.78, 5) is 13.0. The molecule has 0 aliphatic carbocycles. The number of carbonyl (C=O) groups excluding carboxylic acids is 1. The predicted octanol–water partition coefficient (Wildman–Crippen LogP) is 2.25. The molecule has 0 spiro atoms. The van der Waals surface area contributed by atoms with Crippen molar-refractivity contribution in [1.29, 1.82) is 0 Å². The molecule has 0 amide bonds. The van der Waals surface area contributed by atoms with Crippen molar-refractivity contribution in [3.8, 4) is 0 Å². The van der Waals surface area contributed by atoms with E-state index in [9.17, 15) is 9.18 Å². The maximum absolute atomic E-state index is 13.1. The molecule has 1 aliphatic rings. The lowest BCUT2D eigenvalue weighted by Gasteiger charge is -2.39. The fraction of sp³-hybridized carbons (Fsp3) is 0.462. The maximum Gasteiger partial charge on any atom is 0.152 e. The summed E-state index contributed by atoms with van der Waals surface area (Å²) < 4.78 is 18.7. The van der Waals surface area contributed by atoms with Gasteiger partial charge in [0, 0.05) is 24.3 Å². The first kappa shape index (κ1) is 12.0. The normalized spacial score (nSPS) is 19.1. The van der Waals surface area contributed by atoms with Gasteiger partial charge in [0.15, 0.2) is 6.29 Å². The smallest absolute Gasteiger partial charge is 0.152 e. The third-order valence-corrected chi connectivity index (χ3v) is 2.88. The lowest BCUT2D eigenvalue weighted by Crippen LogP contribution is -2.48. The van der Waals surface area contributed by atoms with E-state index in [0.717, 1.165) is 12.2 Å². The summed E-state index contributed by atoms with van der Waals surface area (Å²) in [6.45, 7) is 6.03. The third-order valence-electron chi connectivity index (χ3n) is 2.88. The lowest BCUT2D eigenvalue weighted by atomic mass is 10.1. The summed E-state index contributed by atoms with van der Waals surface area (Å²) >= 11 is 0. The number of anilines is 1. The second kappa shape index (κ2) is 4.45. The molecule has 0 saturated carbocycles. The molecule has 1 aromatic rings. The number of hydrogen-bond acceptors (Lipinski definition) is 3. The third kappa shape index (κ3) is 2.64. The van der Waals surface area contributed by atoms with Gasteiger partial charge in [-0.15, -0.1) is 0 Å². The van der Waals surface area contributed by atoms with Crippen LogP contribution in [0.3, 0.4) is 0 Å². The van der Waals surface area contributed by atoms with Crippen molar-refractivity contribution in [2.45, 2.75) is 19.4 Å². The van der Waals surface area contributed by atoms with Crippen molar-refractivity contribution >= 4 is 12.0 Å². The fourth-order valence-corrected chi connectivity index (χ4v) is 2.13. The largest absolute Gasteiger partial charge is 0.372 e. The Morgan fingerprint density at radius 3 is 2.88 bits per heavy atom. The molecular formula is C13H16FNO2. The lowest BCUT2D eigenvalue weighted by molar-refractivity contribution is -0.0277. The van der Waals surface area contributed by atoms with Crippen LogP contribution in [0.15, 0.2) is 18.2 Å². The minimum absolute atomic E-state index is 0.243. The molecule has 1 heterocycles. The van der Waals surface area contributed by atoms with Crippen LogP contribution in [0.2, 0.25) is 0 Å². The SMILES string of the molecule is CC1(C)CN(c2ccc(F)cc2C=O)CCO1. The van der Waals surface area contributed by atoms with Gasteiger partial charge >= 0.3 is 0 Å². The van der Waals surface area contributed by atoms with E-state index >= 15 is 0 Å². The molecule has 1 saturated heterocycles. The Kier molecular flexibility index (Phi) is 3.15. The fourth-order valence-electron chi connectivity index (χ4n) is 2.13. The average Bonchev–Trinajstić information content (AvgIpc) is 2.27. The number of morpholine rings is 1. The van der Waals surface area contributed by atoms with Crippen molar-refractivity contribution in [2.24, 2.45) is 0 Å². The number of carbonyl (C=O) groups is 1. The Hall–Kier alpha value is -1.42. The van der Waals surface area contributed by atoms with Gasteiger partial charge in [0.05, 0.1) is 12.2 Å². The van der Waals surface area contributed by atoms with E-state index in [2.05, 4.69) is 4.90 Å². The molecule has 0 aromatic heterocycles. The minimum atomic E-state index is -0.386. The summed E-state index contributed by atoms with van der Waals surface area (Å²) in [6.07, 6.45) is 0.695. The van der Waals surface area contributed by atoms with E-state index < -0.39 is 0 Å². The van der Waals surface area contributed by atoms with E-state index in [-0.39, 0.29) is 11.4 Å². The molecule has 1 aliphatic heterocycles. The van der Waals surface area contributed by atoms with Crippen LogP contribution in [0.1, 0.15) is 24.2 Å². The molecule has 3 nitrogen and oxygen atoms in total. The average molecular weight is 237 g/mol. The van der Waals surface area contributed by atoms with Gasteiger partial charge in [0.1, 0.15) is 5.82 Å². The number of ether oxygens (including phenoxy) is 1. The van der Waals surface area contributed by atoms with Crippen LogP contribution in [0.5, 0.6) is 0 Å². The van der Waals surface area contributed by atoms with Crippen molar-refractivity contribution in [3.05, 3.63) is 29.6 Å². The summed E-state index contributed by atoms with van der Waals surface area (Å²) in [5.41, 5.74) is 0.924. The van der Waals surface area contributed by atoms with Crippen LogP contribution >= 0.6 is 0 Å². The standard InChI is InChI=1S/C13H16FNO2/c1-13(2)9-15(5-6-17-13)12-4-3-11(14)7-10(12)8-16/h3-4,7-8H,5-6,9H2,1-2H3. The van der Waals surface area contributed by atoms with Gasteiger partial charge in [-0.2, -0.15) is 0 Å². The van der Waals surface area contributed by atoms with E-state index in [0.29, 0.717) is 25.0 Å². The number of benzene rings is 1. The molecule has 17 heavy (non-hydrogen) atoms. The molecular weight excluding hydrogens is 221 g/mol. The van der Waals surface area contributed by atoms with Gasteiger partial charge in [0.25, 0.3) is 0 Å². The second-order valence-corrected chi connectivity index (χ2v) is 4.85. The van der Waals surface area contributed by atoms with Crippen molar-refractivity contribution in [2.75, 3.05) is 24.6 Å². The van der Waals surface area contributed by atoms with Gasteiger partial charge in [-0.05, 0) is 32.0 Å². The Labute approximate surface area is 100 Å². The monoisotopic (exact) mass is 237 g/mol. The first-order valence-corrected chi connectivity index (χ1v) is 5.65. The van der Waals surface area contributed by atoms with Crippen LogP contribution in [0.4, 0.5) is 10.1 Å². The summed E-state index contributed by atoms with van der Waals surface area (Å²) in [7, 11) is 0. The van der Waals surface area contributed by atoms with Crippen molar-refractivity contribution in [1.82, 2.24) is 0 Å². The Balaban J connectivity index is 2.30. The highest BCUT2D eigenvalue weighted by Gasteiger charge is 2.28. The molecule has 2 rings (SSSR count). The van der Waals surface area contributed by atoms with Gasteiger partial charge in [-0.1, -0.05) is 0 Å². The number of hydrogen-bond donors (Lipinski definition) is 0. The highest BCUT2D eigenvalue weighted by molar-refractivity contribution is 5.84. The topological polar surface area (TPSA) is 29.5 Å². The van der Waals surface area contributed by atoms with E-state index in [1.807, 2.05) is 13.8 Å². The molecule has 0 atom stereocenters. The van der Waals surface area contributed by atoms with Gasteiger partial charge in [0.2, 0.25) is 0 Å². The molecule has 0 N–H and O–H groups in total. The number of halogens is 1. The minimum Gasteiger partial charge on any atom is -0.372 e. The zero-order valence-electron chi connectivity index (χ0n) is 10.1. The summed E-state index contributed by atoms with van der Waals surface area (Å²) in [6, 6.07) is 4.30. The molecule has 1 aromatic carbocycles. The van der Waals surface area contributed by atoms with Crippen LogP contribution in [0, 0.1) is 5.82 Å². The van der Waals surface area contributed by atoms with Gasteiger partial charge in [-0.3, -0.25) is 4.79 Å². The van der Waals surface area contributed by atoms with Crippen LogP contribution in [0.25, 0.3) is 0 Å². The zero-order valence-corrected chi connectivity index (χ0v) is 10.1. The van der Waals surface area contributed by atoms with Gasteiger partial charge in [-0.25, -0.2) is 4.39 Å². The predicted molar refractivity (Wildman–Crippen MR) is 64.0 cm³/mol. The molecule has 92 valence electrons. The molecule has 0 radical (unpaired) electrons. The van der Waals surface area contributed by atoms with E-state index in [4.69, 9.17) is 4.74 Å².